The summed E-state index contributed by atoms with van der Waals surface area (Å²) in [6.45, 7) is 12.4. The molecule has 0 radical (unpaired) electrons. The minimum Gasteiger partial charge on any atom is -0.309 e. The molecular weight excluding hydrogens is 222 g/mol. The van der Waals surface area contributed by atoms with Crippen LogP contribution in [0.1, 0.15) is 12.5 Å². The van der Waals surface area contributed by atoms with Crippen LogP contribution in [0.5, 0.6) is 0 Å². The quantitative estimate of drug-likeness (QED) is 0.782. The molecule has 0 fully saturated rings. The van der Waals surface area contributed by atoms with Gasteiger partial charge in [-0.25, -0.2) is 0 Å². The molecule has 0 atom stereocenters. The Balaban J connectivity index is 3.25. The van der Waals surface area contributed by atoms with Crippen LogP contribution in [0.3, 0.4) is 0 Å². The third kappa shape index (κ3) is 1.70. The molecular formula is C16H17NO. The van der Waals surface area contributed by atoms with Crippen molar-refractivity contribution in [3.63, 3.8) is 0 Å². The van der Waals surface area contributed by atoms with Crippen molar-refractivity contribution in [2.75, 3.05) is 0 Å². The number of aryl methyl sites for hydroxylation is 1. The first-order chi connectivity index (χ1) is 8.61. The van der Waals surface area contributed by atoms with Crippen LogP contribution in [0.25, 0.3) is 23.4 Å². The first kappa shape index (κ1) is 12.4. The van der Waals surface area contributed by atoms with Gasteiger partial charge in [0.1, 0.15) is 0 Å². The van der Waals surface area contributed by atoms with Gasteiger partial charge in [-0.2, -0.15) is 0 Å². The maximum Gasteiger partial charge on any atom is 0.258 e. The fourth-order valence-electron chi connectivity index (χ4n) is 2.39. The predicted molar refractivity (Wildman–Crippen MR) is 78.1 cm³/mol. The first-order valence-electron chi connectivity index (χ1n) is 6.05. The molecule has 0 aliphatic rings. The SMILES string of the molecule is C=C/C=c1/c(=C)n(CC)c(=O)c2cccc(C)c12. The molecule has 0 saturated carbocycles. The van der Waals surface area contributed by atoms with Crippen molar-refractivity contribution in [2.45, 2.75) is 20.4 Å². The van der Waals surface area contributed by atoms with E-state index in [9.17, 15) is 4.79 Å². The van der Waals surface area contributed by atoms with E-state index < -0.39 is 0 Å². The van der Waals surface area contributed by atoms with E-state index in [-0.39, 0.29) is 5.56 Å². The van der Waals surface area contributed by atoms with Crippen molar-refractivity contribution < 1.29 is 0 Å². The molecule has 0 aliphatic carbocycles. The summed E-state index contributed by atoms with van der Waals surface area (Å²) < 4.78 is 1.71. The van der Waals surface area contributed by atoms with Gasteiger partial charge < -0.3 is 4.57 Å². The summed E-state index contributed by atoms with van der Waals surface area (Å²) in [5.41, 5.74) is 1.12. The zero-order valence-electron chi connectivity index (χ0n) is 10.9. The van der Waals surface area contributed by atoms with E-state index in [1.54, 1.807) is 10.6 Å². The lowest BCUT2D eigenvalue weighted by molar-refractivity contribution is 0.708. The molecule has 2 heteroatoms. The third-order valence-corrected chi connectivity index (χ3v) is 3.26. The van der Waals surface area contributed by atoms with Gasteiger partial charge in [0.05, 0.1) is 0 Å². The number of benzene rings is 1. The number of nitrogens with zero attached hydrogens (tertiary/aromatic N) is 1. The average Bonchev–Trinajstić information content (AvgIpc) is 2.35. The Kier molecular flexibility index (Phi) is 3.19. The minimum absolute atomic E-state index is 0.0300. The molecule has 0 spiro atoms. The zero-order valence-corrected chi connectivity index (χ0v) is 10.9. The van der Waals surface area contributed by atoms with Crippen molar-refractivity contribution in [3.05, 3.63) is 57.3 Å². The van der Waals surface area contributed by atoms with E-state index in [4.69, 9.17) is 0 Å². The van der Waals surface area contributed by atoms with E-state index in [0.29, 0.717) is 6.54 Å². The lowest BCUT2D eigenvalue weighted by Gasteiger charge is -2.09. The highest BCUT2D eigenvalue weighted by Gasteiger charge is 2.07. The lowest BCUT2D eigenvalue weighted by Crippen LogP contribution is -2.42. The normalized spacial score (nSPS) is 12.0. The molecule has 1 heterocycles. The van der Waals surface area contributed by atoms with Crippen LogP contribution >= 0.6 is 0 Å². The summed E-state index contributed by atoms with van der Waals surface area (Å²) >= 11 is 0. The Bertz CT molecular complexity index is 781. The van der Waals surface area contributed by atoms with Crippen molar-refractivity contribution in [2.24, 2.45) is 0 Å². The van der Waals surface area contributed by atoms with E-state index in [1.165, 1.54) is 0 Å². The topological polar surface area (TPSA) is 22.0 Å². The molecule has 0 saturated heterocycles. The summed E-state index contributed by atoms with van der Waals surface area (Å²) in [7, 11) is 0. The van der Waals surface area contributed by atoms with Gasteiger partial charge in [-0.3, -0.25) is 4.79 Å². The van der Waals surface area contributed by atoms with Gasteiger partial charge in [-0.1, -0.05) is 37.4 Å². The molecule has 1 aromatic heterocycles. The molecule has 18 heavy (non-hydrogen) atoms. The van der Waals surface area contributed by atoms with Crippen LogP contribution in [-0.4, -0.2) is 4.57 Å². The number of rotatable bonds is 2. The highest BCUT2D eigenvalue weighted by atomic mass is 16.1. The number of allylic oxidation sites excluding steroid dienone is 1. The Morgan fingerprint density at radius 1 is 1.39 bits per heavy atom. The maximum atomic E-state index is 12.4. The number of pyridine rings is 1. The lowest BCUT2D eigenvalue weighted by atomic mass is 10.0. The smallest absolute Gasteiger partial charge is 0.258 e. The largest absolute Gasteiger partial charge is 0.309 e. The second kappa shape index (κ2) is 4.65. The summed E-state index contributed by atoms with van der Waals surface area (Å²) in [4.78, 5) is 12.4. The van der Waals surface area contributed by atoms with Gasteiger partial charge in [-0.15, -0.1) is 0 Å². The van der Waals surface area contributed by atoms with Crippen LogP contribution < -0.4 is 16.1 Å². The number of fused-ring (bicyclic) bond motifs is 1. The van der Waals surface area contributed by atoms with Crippen molar-refractivity contribution in [1.82, 2.24) is 4.57 Å². The van der Waals surface area contributed by atoms with Gasteiger partial charge in [0.2, 0.25) is 0 Å². The van der Waals surface area contributed by atoms with Gasteiger partial charge in [0.25, 0.3) is 5.56 Å². The average molecular weight is 239 g/mol. The van der Waals surface area contributed by atoms with E-state index in [2.05, 4.69) is 13.2 Å². The van der Waals surface area contributed by atoms with E-state index in [0.717, 1.165) is 26.9 Å². The predicted octanol–water partition coefficient (Wildman–Crippen LogP) is 1.71. The Morgan fingerprint density at radius 3 is 2.72 bits per heavy atom. The molecule has 0 unspecified atom stereocenters. The first-order valence-corrected chi connectivity index (χ1v) is 6.05. The molecule has 92 valence electrons. The molecule has 0 aliphatic heterocycles. The van der Waals surface area contributed by atoms with Crippen LogP contribution in [0.2, 0.25) is 0 Å². The number of hydrogen-bond acceptors (Lipinski definition) is 1. The Hall–Kier alpha value is -2.09. The molecule has 0 N–H and O–H groups in total. The summed E-state index contributed by atoms with van der Waals surface area (Å²) in [6.07, 6.45) is 3.66. The van der Waals surface area contributed by atoms with E-state index in [1.807, 2.05) is 38.1 Å². The molecule has 0 amide bonds. The van der Waals surface area contributed by atoms with Crippen molar-refractivity contribution in [3.8, 4) is 0 Å². The highest BCUT2D eigenvalue weighted by Crippen LogP contribution is 2.09. The summed E-state index contributed by atoms with van der Waals surface area (Å²) in [5.74, 6) is 0. The van der Waals surface area contributed by atoms with Crippen LogP contribution in [-0.2, 0) is 6.54 Å². The Labute approximate surface area is 106 Å². The number of aromatic nitrogens is 1. The molecule has 1 aromatic carbocycles. The number of hydrogen-bond donors (Lipinski definition) is 0. The zero-order chi connectivity index (χ0) is 13.3. The molecule has 2 nitrogen and oxygen atoms in total. The second-order valence-corrected chi connectivity index (χ2v) is 4.31. The van der Waals surface area contributed by atoms with Gasteiger partial charge in [0, 0.05) is 22.5 Å². The van der Waals surface area contributed by atoms with Crippen LogP contribution in [0, 0.1) is 6.92 Å². The summed E-state index contributed by atoms with van der Waals surface area (Å²) in [6, 6.07) is 5.80. The van der Waals surface area contributed by atoms with Crippen molar-refractivity contribution in [1.29, 1.82) is 0 Å². The fourth-order valence-corrected chi connectivity index (χ4v) is 2.39. The monoisotopic (exact) mass is 239 g/mol. The highest BCUT2D eigenvalue weighted by molar-refractivity contribution is 5.86. The minimum atomic E-state index is 0.0300. The Morgan fingerprint density at radius 2 is 2.11 bits per heavy atom. The molecule has 2 aromatic rings. The maximum absolute atomic E-state index is 12.4. The van der Waals surface area contributed by atoms with Crippen LogP contribution in [0.15, 0.2) is 35.6 Å². The van der Waals surface area contributed by atoms with E-state index >= 15 is 0 Å². The van der Waals surface area contributed by atoms with Crippen molar-refractivity contribution >= 4 is 23.4 Å². The second-order valence-electron chi connectivity index (χ2n) is 4.31. The molecule has 2 rings (SSSR count). The third-order valence-electron chi connectivity index (χ3n) is 3.26. The van der Waals surface area contributed by atoms with Crippen LogP contribution in [0.4, 0.5) is 0 Å². The van der Waals surface area contributed by atoms with Gasteiger partial charge in [0.15, 0.2) is 0 Å². The van der Waals surface area contributed by atoms with Gasteiger partial charge in [-0.05, 0) is 30.9 Å². The van der Waals surface area contributed by atoms with Gasteiger partial charge >= 0.3 is 0 Å². The fraction of sp³-hybridized carbons (Fsp3) is 0.188. The summed E-state index contributed by atoms with van der Waals surface area (Å²) in [5, 5.41) is 3.47. The molecule has 0 bridgehead atoms. The standard InChI is InChI=1S/C16H17NO/c1-5-8-13-12(4)17(6-2)16(18)14-10-7-9-11(3)15(13)14/h5,7-10H,1,4,6H2,2-3H3/b13-8-.